The predicted molar refractivity (Wildman–Crippen MR) is 95.5 cm³/mol. The zero-order valence-electron chi connectivity index (χ0n) is 14.7. The molecule has 1 aliphatic rings. The minimum Gasteiger partial charge on any atom is -0.379 e. The molecular weight excluding hydrogens is 336 g/mol. The maximum atomic E-state index is 11.8. The molecule has 7 nitrogen and oxygen atoms in total. The molecule has 1 heterocycles. The molecule has 1 aromatic rings. The summed E-state index contributed by atoms with van der Waals surface area (Å²) in [6.07, 6.45) is 3.75. The lowest BCUT2D eigenvalue weighted by Crippen LogP contribution is -2.29. The number of imide groups is 1. The van der Waals surface area contributed by atoms with E-state index in [1.54, 1.807) is 24.3 Å². The number of carbonyl (C=O) groups excluding carboxylic acids is 4. The number of aryl methyl sites for hydroxylation is 1. The highest BCUT2D eigenvalue weighted by molar-refractivity contribution is 6.28. The number of amides is 3. The molecule has 0 aromatic heterocycles. The summed E-state index contributed by atoms with van der Waals surface area (Å²) in [6.45, 7) is 2.66. The molecule has 2 rings (SSSR count). The Hall–Kier alpha value is -2.80. The molecule has 0 saturated heterocycles. The molecule has 0 atom stereocenters. The van der Waals surface area contributed by atoms with E-state index in [0.717, 1.165) is 10.5 Å². The SMILES string of the molecule is CC(=O)CCOCCNC(=O)CCc1ccc(N2C(=O)C=CC2=O)cc1. The minimum absolute atomic E-state index is 0.0785. The van der Waals surface area contributed by atoms with Crippen LogP contribution in [-0.4, -0.2) is 43.3 Å². The van der Waals surface area contributed by atoms with Crippen LogP contribution in [0.25, 0.3) is 0 Å². The number of ketones is 1. The molecule has 1 N–H and O–H groups in total. The normalized spacial score (nSPS) is 13.3. The number of ether oxygens (including phenoxy) is 1. The van der Waals surface area contributed by atoms with Crippen molar-refractivity contribution >= 4 is 29.2 Å². The summed E-state index contributed by atoms with van der Waals surface area (Å²) in [5.41, 5.74) is 1.45. The van der Waals surface area contributed by atoms with Gasteiger partial charge in [0.25, 0.3) is 11.8 Å². The van der Waals surface area contributed by atoms with E-state index in [-0.39, 0.29) is 23.5 Å². The van der Waals surface area contributed by atoms with Gasteiger partial charge in [-0.2, -0.15) is 0 Å². The van der Waals surface area contributed by atoms with Crippen LogP contribution in [0.2, 0.25) is 0 Å². The van der Waals surface area contributed by atoms with Gasteiger partial charge in [-0.05, 0) is 31.0 Å². The van der Waals surface area contributed by atoms with E-state index < -0.39 is 0 Å². The van der Waals surface area contributed by atoms with Crippen molar-refractivity contribution in [3.63, 3.8) is 0 Å². The van der Waals surface area contributed by atoms with Gasteiger partial charge in [-0.15, -0.1) is 0 Å². The molecule has 1 aliphatic heterocycles. The fourth-order valence-corrected chi connectivity index (χ4v) is 2.39. The Morgan fingerprint density at radius 1 is 1.00 bits per heavy atom. The zero-order chi connectivity index (χ0) is 18.9. The van der Waals surface area contributed by atoms with Crippen molar-refractivity contribution in [2.24, 2.45) is 0 Å². The van der Waals surface area contributed by atoms with E-state index in [0.29, 0.717) is 44.7 Å². The van der Waals surface area contributed by atoms with Crippen molar-refractivity contribution in [2.75, 3.05) is 24.7 Å². The lowest BCUT2D eigenvalue weighted by Gasteiger charge is -2.14. The second-order valence-corrected chi connectivity index (χ2v) is 5.93. The van der Waals surface area contributed by atoms with Crippen molar-refractivity contribution in [2.45, 2.75) is 26.2 Å². The summed E-state index contributed by atoms with van der Waals surface area (Å²) >= 11 is 0. The molecule has 0 saturated carbocycles. The molecule has 0 unspecified atom stereocenters. The second kappa shape index (κ2) is 9.62. The van der Waals surface area contributed by atoms with Crippen LogP contribution < -0.4 is 10.2 Å². The first-order valence-electron chi connectivity index (χ1n) is 8.46. The van der Waals surface area contributed by atoms with Crippen LogP contribution in [-0.2, 0) is 30.3 Å². The van der Waals surface area contributed by atoms with Gasteiger partial charge in [0.2, 0.25) is 5.91 Å². The summed E-state index contributed by atoms with van der Waals surface area (Å²) in [5.74, 6) is -0.714. The summed E-state index contributed by atoms with van der Waals surface area (Å²) in [6, 6.07) is 6.98. The van der Waals surface area contributed by atoms with Gasteiger partial charge in [0.1, 0.15) is 5.78 Å². The Morgan fingerprint density at radius 3 is 2.27 bits per heavy atom. The molecule has 3 amide bonds. The van der Waals surface area contributed by atoms with E-state index >= 15 is 0 Å². The molecule has 1 aromatic carbocycles. The van der Waals surface area contributed by atoms with Crippen LogP contribution in [0.5, 0.6) is 0 Å². The smallest absolute Gasteiger partial charge is 0.258 e. The average Bonchev–Trinajstić information content (AvgIpc) is 2.95. The largest absolute Gasteiger partial charge is 0.379 e. The summed E-state index contributed by atoms with van der Waals surface area (Å²) in [5, 5.41) is 2.75. The van der Waals surface area contributed by atoms with Crippen molar-refractivity contribution in [3.8, 4) is 0 Å². The highest BCUT2D eigenvalue weighted by Crippen LogP contribution is 2.19. The summed E-state index contributed by atoms with van der Waals surface area (Å²) in [4.78, 5) is 46.9. The lowest BCUT2D eigenvalue weighted by atomic mass is 10.1. The van der Waals surface area contributed by atoms with Crippen LogP contribution in [0.15, 0.2) is 36.4 Å². The first-order chi connectivity index (χ1) is 12.5. The maximum Gasteiger partial charge on any atom is 0.258 e. The number of nitrogens with zero attached hydrogens (tertiary/aromatic N) is 1. The van der Waals surface area contributed by atoms with Crippen molar-refractivity contribution in [1.29, 1.82) is 0 Å². The number of carbonyl (C=O) groups is 4. The van der Waals surface area contributed by atoms with E-state index in [9.17, 15) is 19.2 Å². The van der Waals surface area contributed by atoms with Gasteiger partial charge in [-0.3, -0.25) is 19.2 Å². The van der Waals surface area contributed by atoms with Gasteiger partial charge >= 0.3 is 0 Å². The Kier molecular flexibility index (Phi) is 7.23. The Balaban J connectivity index is 1.68. The monoisotopic (exact) mass is 358 g/mol. The van der Waals surface area contributed by atoms with Crippen LogP contribution >= 0.6 is 0 Å². The Morgan fingerprint density at radius 2 is 1.65 bits per heavy atom. The predicted octanol–water partition coefficient (Wildman–Crippen LogP) is 1.16. The third kappa shape index (κ3) is 5.93. The maximum absolute atomic E-state index is 11.8. The first kappa shape index (κ1) is 19.5. The highest BCUT2D eigenvalue weighted by Gasteiger charge is 2.24. The number of benzene rings is 1. The minimum atomic E-state index is -0.354. The van der Waals surface area contributed by atoms with Gasteiger partial charge in [0.05, 0.1) is 18.9 Å². The topological polar surface area (TPSA) is 92.8 Å². The number of anilines is 1. The van der Waals surface area contributed by atoms with Gasteiger partial charge in [0, 0.05) is 31.5 Å². The van der Waals surface area contributed by atoms with E-state index in [2.05, 4.69) is 5.32 Å². The molecule has 0 aliphatic carbocycles. The molecule has 0 bridgehead atoms. The molecular formula is C19H22N2O5. The summed E-state index contributed by atoms with van der Waals surface area (Å²) < 4.78 is 5.24. The standard InChI is InChI=1S/C19H22N2O5/c1-14(22)10-12-26-13-11-20-17(23)7-4-15-2-5-16(6-3-15)21-18(24)8-9-19(21)25/h2-3,5-6,8-9H,4,7,10-13H2,1H3,(H,20,23). The van der Waals surface area contributed by atoms with Crippen LogP contribution in [0.4, 0.5) is 5.69 Å². The first-order valence-corrected chi connectivity index (χ1v) is 8.46. The second-order valence-electron chi connectivity index (χ2n) is 5.93. The molecule has 7 heteroatoms. The van der Waals surface area contributed by atoms with E-state index in [1.165, 1.54) is 19.1 Å². The average molecular weight is 358 g/mol. The molecule has 138 valence electrons. The number of rotatable bonds is 10. The number of hydrogen-bond donors (Lipinski definition) is 1. The fraction of sp³-hybridized carbons (Fsp3) is 0.368. The van der Waals surface area contributed by atoms with E-state index in [4.69, 9.17) is 4.74 Å². The van der Waals surface area contributed by atoms with Crippen molar-refractivity contribution in [1.82, 2.24) is 5.32 Å². The number of nitrogens with one attached hydrogen (secondary N) is 1. The van der Waals surface area contributed by atoms with Gasteiger partial charge < -0.3 is 10.1 Å². The van der Waals surface area contributed by atoms with Crippen LogP contribution in [0.1, 0.15) is 25.3 Å². The lowest BCUT2D eigenvalue weighted by molar-refractivity contribution is -0.122. The molecule has 0 spiro atoms. The fourth-order valence-electron chi connectivity index (χ4n) is 2.39. The molecule has 26 heavy (non-hydrogen) atoms. The van der Waals surface area contributed by atoms with Crippen molar-refractivity contribution in [3.05, 3.63) is 42.0 Å². The van der Waals surface area contributed by atoms with Gasteiger partial charge in [-0.1, -0.05) is 12.1 Å². The Labute approximate surface area is 152 Å². The summed E-state index contributed by atoms with van der Waals surface area (Å²) in [7, 11) is 0. The number of Topliss-reactive ketones (excluding diaryl/α,β-unsaturated/α-hetero) is 1. The zero-order valence-corrected chi connectivity index (χ0v) is 14.7. The van der Waals surface area contributed by atoms with Crippen LogP contribution in [0, 0.1) is 0 Å². The van der Waals surface area contributed by atoms with Crippen molar-refractivity contribution < 1.29 is 23.9 Å². The van der Waals surface area contributed by atoms with E-state index in [1.807, 2.05) is 0 Å². The van der Waals surface area contributed by atoms with Crippen LogP contribution in [0.3, 0.4) is 0 Å². The van der Waals surface area contributed by atoms with Gasteiger partial charge in [0.15, 0.2) is 0 Å². The third-order valence-electron chi connectivity index (χ3n) is 3.81. The highest BCUT2D eigenvalue weighted by atomic mass is 16.5. The molecule has 0 radical (unpaired) electrons. The number of hydrogen-bond acceptors (Lipinski definition) is 5. The third-order valence-corrected chi connectivity index (χ3v) is 3.81. The Bertz CT molecular complexity index is 691. The quantitative estimate of drug-likeness (QED) is 0.500. The van der Waals surface area contributed by atoms with Gasteiger partial charge in [-0.25, -0.2) is 4.90 Å². The molecule has 0 fully saturated rings.